The molecule has 0 aromatic heterocycles. The van der Waals surface area contributed by atoms with Crippen LogP contribution in [-0.2, 0) is 0 Å². The molecule has 2 N–H and O–H groups in total. The number of rotatable bonds is 3. The van der Waals surface area contributed by atoms with Crippen molar-refractivity contribution in [3.05, 3.63) is 50.5 Å². The topological polar surface area (TPSA) is 66.8 Å². The van der Waals surface area contributed by atoms with Crippen LogP contribution in [0.4, 0.5) is 0 Å². The normalized spacial score (nSPS) is 10.5. The number of hydrogen-bond acceptors (Lipinski definition) is 4. The average molecular weight is 348 g/mol. The second kappa shape index (κ2) is 6.02. The van der Waals surface area contributed by atoms with Crippen LogP contribution in [0.3, 0.4) is 0 Å². The second-order valence-electron chi connectivity index (χ2n) is 4.12. The standard InChI is InChI=1S/C14H9Cl3O4/c1-21-12-5-11(18)7(4-9(12)16)13(19)8-2-6(15)3-10(17)14(8)20/h2-5,18,20H,1H3. The van der Waals surface area contributed by atoms with Gasteiger partial charge >= 0.3 is 0 Å². The second-order valence-corrected chi connectivity index (χ2v) is 5.37. The van der Waals surface area contributed by atoms with Gasteiger partial charge < -0.3 is 14.9 Å². The summed E-state index contributed by atoms with van der Waals surface area (Å²) in [6.45, 7) is 0. The van der Waals surface area contributed by atoms with E-state index in [0.717, 1.165) is 0 Å². The van der Waals surface area contributed by atoms with Gasteiger partial charge in [-0.25, -0.2) is 0 Å². The van der Waals surface area contributed by atoms with E-state index in [0.29, 0.717) is 0 Å². The Morgan fingerprint density at radius 1 is 1.00 bits per heavy atom. The SMILES string of the molecule is COc1cc(O)c(C(=O)c2cc(Cl)cc(Cl)c2O)cc1Cl. The molecule has 0 saturated heterocycles. The number of ketones is 1. The maximum absolute atomic E-state index is 12.4. The minimum atomic E-state index is -0.668. The third-order valence-electron chi connectivity index (χ3n) is 2.79. The van der Waals surface area contributed by atoms with Crippen LogP contribution >= 0.6 is 34.8 Å². The Morgan fingerprint density at radius 2 is 1.67 bits per heavy atom. The van der Waals surface area contributed by atoms with Crippen LogP contribution in [0.1, 0.15) is 15.9 Å². The Hall–Kier alpha value is -1.62. The third kappa shape index (κ3) is 3.02. The van der Waals surface area contributed by atoms with Crippen LogP contribution < -0.4 is 4.74 Å². The molecule has 2 rings (SSSR count). The molecule has 0 spiro atoms. The molecular formula is C14H9Cl3O4. The van der Waals surface area contributed by atoms with Crippen LogP contribution in [-0.4, -0.2) is 23.1 Å². The third-order valence-corrected chi connectivity index (χ3v) is 3.59. The number of carbonyl (C=O) groups excluding carboxylic acids is 1. The molecule has 110 valence electrons. The molecule has 0 fully saturated rings. The predicted molar refractivity (Wildman–Crippen MR) is 81.2 cm³/mol. The highest BCUT2D eigenvalue weighted by molar-refractivity contribution is 6.37. The van der Waals surface area contributed by atoms with E-state index >= 15 is 0 Å². The molecule has 0 bridgehead atoms. The summed E-state index contributed by atoms with van der Waals surface area (Å²) in [5, 5.41) is 20.0. The zero-order valence-electron chi connectivity index (χ0n) is 10.7. The molecule has 2 aromatic rings. The monoisotopic (exact) mass is 346 g/mol. The van der Waals surface area contributed by atoms with Crippen molar-refractivity contribution in [2.75, 3.05) is 7.11 Å². The lowest BCUT2D eigenvalue weighted by molar-refractivity contribution is 0.103. The summed E-state index contributed by atoms with van der Waals surface area (Å²) < 4.78 is 4.93. The molecule has 0 heterocycles. The number of aromatic hydroxyl groups is 2. The fourth-order valence-corrected chi connectivity index (χ4v) is 2.50. The van der Waals surface area contributed by atoms with Crippen molar-refractivity contribution in [3.63, 3.8) is 0 Å². The van der Waals surface area contributed by atoms with E-state index in [-0.39, 0.29) is 37.7 Å². The summed E-state index contributed by atoms with van der Waals surface area (Å²) in [6, 6.07) is 5.00. The summed E-state index contributed by atoms with van der Waals surface area (Å²) >= 11 is 17.5. The Kier molecular flexibility index (Phi) is 4.52. The first-order valence-corrected chi connectivity index (χ1v) is 6.77. The molecular weight excluding hydrogens is 339 g/mol. The lowest BCUT2D eigenvalue weighted by atomic mass is 10.0. The first kappa shape index (κ1) is 15.8. The summed E-state index contributed by atoms with van der Waals surface area (Å²) in [7, 11) is 1.38. The molecule has 4 nitrogen and oxygen atoms in total. The molecule has 0 amide bonds. The molecule has 0 aliphatic rings. The molecule has 0 unspecified atom stereocenters. The number of ether oxygens (including phenoxy) is 1. The Balaban J connectivity index is 2.58. The summed E-state index contributed by atoms with van der Waals surface area (Å²) in [5.74, 6) is -1.20. The molecule has 0 atom stereocenters. The van der Waals surface area contributed by atoms with Crippen molar-refractivity contribution >= 4 is 40.6 Å². The van der Waals surface area contributed by atoms with Gasteiger partial charge in [0.1, 0.15) is 17.2 Å². The van der Waals surface area contributed by atoms with E-state index in [1.165, 1.54) is 31.4 Å². The number of carbonyl (C=O) groups is 1. The van der Waals surface area contributed by atoms with Gasteiger partial charge in [-0.05, 0) is 18.2 Å². The number of phenolic OH excluding ortho intramolecular Hbond substituents is 2. The van der Waals surface area contributed by atoms with Gasteiger partial charge in [-0.1, -0.05) is 34.8 Å². The smallest absolute Gasteiger partial charge is 0.200 e. The van der Waals surface area contributed by atoms with Crippen LogP contribution in [0.5, 0.6) is 17.2 Å². The van der Waals surface area contributed by atoms with Gasteiger partial charge in [-0.15, -0.1) is 0 Å². The molecule has 2 aromatic carbocycles. The van der Waals surface area contributed by atoms with Crippen LogP contribution in [0, 0.1) is 0 Å². The number of methoxy groups -OCH3 is 1. The first-order chi connectivity index (χ1) is 9.85. The van der Waals surface area contributed by atoms with Gasteiger partial charge in [-0.3, -0.25) is 4.79 Å². The largest absolute Gasteiger partial charge is 0.507 e. The van der Waals surface area contributed by atoms with Gasteiger partial charge in [-0.2, -0.15) is 0 Å². The average Bonchev–Trinajstić information content (AvgIpc) is 2.44. The lowest BCUT2D eigenvalue weighted by Gasteiger charge is -2.10. The fourth-order valence-electron chi connectivity index (χ4n) is 1.77. The predicted octanol–water partition coefficient (Wildman–Crippen LogP) is 4.30. The summed E-state index contributed by atoms with van der Waals surface area (Å²) in [4.78, 5) is 12.4. The van der Waals surface area contributed by atoms with E-state index < -0.39 is 11.5 Å². The lowest BCUT2D eigenvalue weighted by Crippen LogP contribution is -2.03. The Labute approximate surface area is 135 Å². The quantitative estimate of drug-likeness (QED) is 0.813. The number of halogens is 3. The maximum Gasteiger partial charge on any atom is 0.200 e. The minimum Gasteiger partial charge on any atom is -0.507 e. The van der Waals surface area contributed by atoms with Gasteiger partial charge in [0.25, 0.3) is 0 Å². The highest BCUT2D eigenvalue weighted by atomic mass is 35.5. The van der Waals surface area contributed by atoms with Crippen molar-refractivity contribution in [2.24, 2.45) is 0 Å². The number of hydrogen-bond donors (Lipinski definition) is 2. The van der Waals surface area contributed by atoms with E-state index in [1.807, 2.05) is 0 Å². The first-order valence-electron chi connectivity index (χ1n) is 5.64. The van der Waals surface area contributed by atoms with Crippen molar-refractivity contribution in [1.82, 2.24) is 0 Å². The van der Waals surface area contributed by atoms with E-state index in [9.17, 15) is 15.0 Å². The van der Waals surface area contributed by atoms with E-state index in [1.54, 1.807) is 0 Å². The van der Waals surface area contributed by atoms with Crippen molar-refractivity contribution in [2.45, 2.75) is 0 Å². The highest BCUT2D eigenvalue weighted by Gasteiger charge is 2.21. The number of phenols is 2. The Bertz CT molecular complexity index is 729. The molecule has 0 aliphatic carbocycles. The van der Waals surface area contributed by atoms with Crippen molar-refractivity contribution in [1.29, 1.82) is 0 Å². The van der Waals surface area contributed by atoms with Crippen molar-refractivity contribution in [3.8, 4) is 17.2 Å². The minimum absolute atomic E-state index is 0.0649. The van der Waals surface area contributed by atoms with Crippen LogP contribution in [0.15, 0.2) is 24.3 Å². The Morgan fingerprint density at radius 3 is 2.29 bits per heavy atom. The maximum atomic E-state index is 12.4. The molecule has 7 heteroatoms. The van der Waals surface area contributed by atoms with Gasteiger partial charge in [0.2, 0.25) is 5.78 Å². The van der Waals surface area contributed by atoms with E-state index in [4.69, 9.17) is 39.5 Å². The molecule has 0 aliphatic heterocycles. The van der Waals surface area contributed by atoms with Crippen LogP contribution in [0.25, 0.3) is 0 Å². The zero-order valence-corrected chi connectivity index (χ0v) is 12.9. The van der Waals surface area contributed by atoms with Gasteiger partial charge in [0.05, 0.1) is 28.3 Å². The van der Waals surface area contributed by atoms with Crippen molar-refractivity contribution < 1.29 is 19.7 Å². The van der Waals surface area contributed by atoms with E-state index in [2.05, 4.69) is 0 Å². The fraction of sp³-hybridized carbons (Fsp3) is 0.0714. The van der Waals surface area contributed by atoms with Crippen LogP contribution in [0.2, 0.25) is 15.1 Å². The van der Waals surface area contributed by atoms with Gasteiger partial charge in [0, 0.05) is 11.1 Å². The number of benzene rings is 2. The summed E-state index contributed by atoms with van der Waals surface area (Å²) in [6.07, 6.45) is 0. The van der Waals surface area contributed by atoms with Gasteiger partial charge in [0.15, 0.2) is 0 Å². The molecule has 21 heavy (non-hydrogen) atoms. The molecule has 0 radical (unpaired) electrons. The summed E-state index contributed by atoms with van der Waals surface area (Å²) in [5.41, 5.74) is -0.238. The zero-order chi connectivity index (χ0) is 15.7. The molecule has 0 saturated carbocycles. The highest BCUT2D eigenvalue weighted by Crippen LogP contribution is 2.37.